The Morgan fingerprint density at radius 3 is 3.15 bits per heavy atom. The van der Waals surface area contributed by atoms with Crippen LogP contribution in [0.25, 0.3) is 5.65 Å². The molecular formula is C10H13N3. The van der Waals surface area contributed by atoms with Crippen LogP contribution in [0.5, 0.6) is 0 Å². The van der Waals surface area contributed by atoms with Gasteiger partial charge < -0.3 is 10.1 Å². The number of nitrogens with zero attached hydrogens (tertiary/aromatic N) is 2. The summed E-state index contributed by atoms with van der Waals surface area (Å²) >= 11 is 0. The summed E-state index contributed by atoms with van der Waals surface area (Å²) in [6.07, 6.45) is 6.72. The molecule has 1 unspecified atom stereocenters. The SMILES string of the molecule is CCC(N)c1ccc2nccn2c1. The highest BCUT2D eigenvalue weighted by atomic mass is 15.0. The highest BCUT2D eigenvalue weighted by molar-refractivity contribution is 5.39. The molecule has 0 radical (unpaired) electrons. The zero-order valence-electron chi connectivity index (χ0n) is 7.64. The molecular weight excluding hydrogens is 162 g/mol. The zero-order chi connectivity index (χ0) is 9.26. The average molecular weight is 175 g/mol. The Kier molecular flexibility index (Phi) is 2.02. The van der Waals surface area contributed by atoms with E-state index < -0.39 is 0 Å². The van der Waals surface area contributed by atoms with Gasteiger partial charge >= 0.3 is 0 Å². The van der Waals surface area contributed by atoms with Gasteiger partial charge in [0, 0.05) is 24.6 Å². The molecule has 0 saturated carbocycles. The van der Waals surface area contributed by atoms with Crippen LogP contribution < -0.4 is 5.73 Å². The van der Waals surface area contributed by atoms with Crippen LogP contribution in [-0.2, 0) is 0 Å². The van der Waals surface area contributed by atoms with E-state index in [-0.39, 0.29) is 6.04 Å². The van der Waals surface area contributed by atoms with Gasteiger partial charge in [0.15, 0.2) is 0 Å². The molecule has 0 spiro atoms. The van der Waals surface area contributed by atoms with Gasteiger partial charge in [0.05, 0.1) is 0 Å². The molecule has 3 nitrogen and oxygen atoms in total. The highest BCUT2D eigenvalue weighted by Gasteiger charge is 2.03. The number of hydrogen-bond donors (Lipinski definition) is 1. The van der Waals surface area contributed by atoms with Crippen LogP contribution in [0.2, 0.25) is 0 Å². The van der Waals surface area contributed by atoms with Crippen molar-refractivity contribution in [1.82, 2.24) is 9.38 Å². The maximum atomic E-state index is 5.92. The van der Waals surface area contributed by atoms with Crippen molar-refractivity contribution in [3.05, 3.63) is 36.3 Å². The van der Waals surface area contributed by atoms with Gasteiger partial charge in [0.25, 0.3) is 0 Å². The van der Waals surface area contributed by atoms with Crippen molar-refractivity contribution in [3.8, 4) is 0 Å². The molecule has 13 heavy (non-hydrogen) atoms. The van der Waals surface area contributed by atoms with E-state index in [1.807, 2.05) is 28.9 Å². The largest absolute Gasteiger partial charge is 0.324 e. The topological polar surface area (TPSA) is 43.3 Å². The second-order valence-electron chi connectivity index (χ2n) is 3.17. The van der Waals surface area contributed by atoms with Crippen LogP contribution in [-0.4, -0.2) is 9.38 Å². The normalized spacial score (nSPS) is 13.4. The first-order valence-electron chi connectivity index (χ1n) is 4.49. The number of pyridine rings is 1. The van der Waals surface area contributed by atoms with Crippen LogP contribution in [0.15, 0.2) is 30.7 Å². The molecule has 0 saturated heterocycles. The van der Waals surface area contributed by atoms with Gasteiger partial charge in [0.1, 0.15) is 5.65 Å². The Bertz CT molecular complexity index is 405. The molecule has 3 heteroatoms. The molecule has 1 atom stereocenters. The Balaban J connectivity index is 2.48. The van der Waals surface area contributed by atoms with Crippen LogP contribution in [0.1, 0.15) is 24.9 Å². The standard InChI is InChI=1S/C10H13N3/c1-2-9(11)8-3-4-10-12-5-6-13(10)7-8/h3-7,9H,2,11H2,1H3. The molecule has 0 aliphatic rings. The molecule has 0 fully saturated rings. The van der Waals surface area contributed by atoms with E-state index in [0.29, 0.717) is 0 Å². The minimum atomic E-state index is 0.131. The fraction of sp³-hybridized carbons (Fsp3) is 0.300. The predicted octanol–water partition coefficient (Wildman–Crippen LogP) is 1.74. The van der Waals surface area contributed by atoms with Gasteiger partial charge in [-0.2, -0.15) is 0 Å². The molecule has 2 aromatic rings. The van der Waals surface area contributed by atoms with Crippen molar-refractivity contribution in [2.75, 3.05) is 0 Å². The van der Waals surface area contributed by atoms with E-state index in [4.69, 9.17) is 5.73 Å². The lowest BCUT2D eigenvalue weighted by Crippen LogP contribution is -2.09. The monoisotopic (exact) mass is 175 g/mol. The number of rotatable bonds is 2. The summed E-state index contributed by atoms with van der Waals surface area (Å²) in [5, 5.41) is 0. The van der Waals surface area contributed by atoms with Crippen molar-refractivity contribution >= 4 is 5.65 Å². The molecule has 0 amide bonds. The van der Waals surface area contributed by atoms with Crippen molar-refractivity contribution < 1.29 is 0 Å². The van der Waals surface area contributed by atoms with E-state index >= 15 is 0 Å². The molecule has 2 rings (SSSR count). The van der Waals surface area contributed by atoms with Gasteiger partial charge in [-0.25, -0.2) is 4.98 Å². The van der Waals surface area contributed by atoms with Crippen LogP contribution >= 0.6 is 0 Å². The Morgan fingerprint density at radius 1 is 1.54 bits per heavy atom. The van der Waals surface area contributed by atoms with Gasteiger partial charge in [-0.05, 0) is 18.1 Å². The second-order valence-corrected chi connectivity index (χ2v) is 3.17. The van der Waals surface area contributed by atoms with Crippen molar-refractivity contribution in [3.63, 3.8) is 0 Å². The van der Waals surface area contributed by atoms with Gasteiger partial charge in [-0.1, -0.05) is 13.0 Å². The van der Waals surface area contributed by atoms with E-state index in [1.54, 1.807) is 6.20 Å². The maximum absolute atomic E-state index is 5.92. The number of hydrogen-bond acceptors (Lipinski definition) is 2. The molecule has 0 aromatic carbocycles. The lowest BCUT2D eigenvalue weighted by Gasteiger charge is -2.08. The minimum absolute atomic E-state index is 0.131. The molecule has 0 aliphatic heterocycles. The summed E-state index contributed by atoms with van der Waals surface area (Å²) in [5.74, 6) is 0. The molecule has 68 valence electrons. The first-order valence-corrected chi connectivity index (χ1v) is 4.49. The third kappa shape index (κ3) is 1.42. The van der Waals surface area contributed by atoms with Crippen molar-refractivity contribution in [2.45, 2.75) is 19.4 Å². The zero-order valence-corrected chi connectivity index (χ0v) is 7.64. The van der Waals surface area contributed by atoms with E-state index in [9.17, 15) is 0 Å². The van der Waals surface area contributed by atoms with E-state index in [0.717, 1.165) is 17.6 Å². The molecule has 0 bridgehead atoms. The average Bonchev–Trinajstić information content (AvgIpc) is 2.63. The predicted molar refractivity (Wildman–Crippen MR) is 52.4 cm³/mol. The first kappa shape index (κ1) is 8.26. The summed E-state index contributed by atoms with van der Waals surface area (Å²) in [6, 6.07) is 4.16. The fourth-order valence-electron chi connectivity index (χ4n) is 1.39. The third-order valence-corrected chi connectivity index (χ3v) is 2.28. The summed E-state index contributed by atoms with van der Waals surface area (Å²) in [6.45, 7) is 2.09. The van der Waals surface area contributed by atoms with Crippen LogP contribution in [0.4, 0.5) is 0 Å². The smallest absolute Gasteiger partial charge is 0.136 e. The number of nitrogens with two attached hydrogens (primary N) is 1. The van der Waals surface area contributed by atoms with Gasteiger partial charge in [-0.3, -0.25) is 0 Å². The Morgan fingerprint density at radius 2 is 2.38 bits per heavy atom. The summed E-state index contributed by atoms with van der Waals surface area (Å²) in [7, 11) is 0. The first-order chi connectivity index (χ1) is 6.31. The number of imidazole rings is 1. The summed E-state index contributed by atoms with van der Waals surface area (Å²) in [4.78, 5) is 4.17. The Labute approximate surface area is 77.2 Å². The maximum Gasteiger partial charge on any atom is 0.136 e. The third-order valence-electron chi connectivity index (χ3n) is 2.28. The van der Waals surface area contributed by atoms with E-state index in [1.165, 1.54) is 0 Å². The molecule has 2 heterocycles. The van der Waals surface area contributed by atoms with E-state index in [2.05, 4.69) is 11.9 Å². The van der Waals surface area contributed by atoms with Crippen LogP contribution in [0.3, 0.4) is 0 Å². The minimum Gasteiger partial charge on any atom is -0.324 e. The second kappa shape index (κ2) is 3.18. The lowest BCUT2D eigenvalue weighted by molar-refractivity contribution is 0.694. The molecule has 2 N–H and O–H groups in total. The van der Waals surface area contributed by atoms with Crippen LogP contribution in [0, 0.1) is 0 Å². The quantitative estimate of drug-likeness (QED) is 0.755. The summed E-state index contributed by atoms with van der Waals surface area (Å²) in [5.41, 5.74) is 8.05. The van der Waals surface area contributed by atoms with Crippen molar-refractivity contribution in [1.29, 1.82) is 0 Å². The summed E-state index contributed by atoms with van der Waals surface area (Å²) < 4.78 is 1.99. The highest BCUT2D eigenvalue weighted by Crippen LogP contribution is 2.13. The van der Waals surface area contributed by atoms with Gasteiger partial charge in [0.2, 0.25) is 0 Å². The van der Waals surface area contributed by atoms with Crippen molar-refractivity contribution in [2.24, 2.45) is 5.73 Å². The Hall–Kier alpha value is -1.35. The lowest BCUT2D eigenvalue weighted by atomic mass is 10.1. The van der Waals surface area contributed by atoms with Gasteiger partial charge in [-0.15, -0.1) is 0 Å². The fourth-order valence-corrected chi connectivity index (χ4v) is 1.39. The molecule has 0 aliphatic carbocycles. The number of fused-ring (bicyclic) bond motifs is 1. The molecule has 2 aromatic heterocycles. The number of aromatic nitrogens is 2.